The first-order valence-corrected chi connectivity index (χ1v) is 8.06. The van der Waals surface area contributed by atoms with Gasteiger partial charge in [-0.25, -0.2) is 0 Å². The molecule has 2 aromatic rings. The summed E-state index contributed by atoms with van der Waals surface area (Å²) in [6, 6.07) is 14.4. The van der Waals surface area contributed by atoms with Crippen LogP contribution in [0.1, 0.15) is 32.7 Å². The first kappa shape index (κ1) is 19.0. The maximum Gasteiger partial charge on any atom is 0.255 e. The number of amides is 2. The third kappa shape index (κ3) is 4.38. The van der Waals surface area contributed by atoms with E-state index < -0.39 is 0 Å². The summed E-state index contributed by atoms with van der Waals surface area (Å²) >= 11 is 0. The lowest BCUT2D eigenvalue weighted by Crippen LogP contribution is -2.31. The molecule has 1 heterocycles. The maximum absolute atomic E-state index is 12.6. The van der Waals surface area contributed by atoms with Gasteiger partial charge in [0, 0.05) is 35.9 Å². The number of carbonyl (C=O) groups excluding carboxylic acids is 2. The average Bonchev–Trinajstić information content (AvgIpc) is 3.03. The summed E-state index contributed by atoms with van der Waals surface area (Å²) in [4.78, 5) is 26.7. The molecule has 25 heavy (non-hydrogen) atoms. The lowest BCUT2D eigenvalue weighted by atomic mass is 10.1. The number of anilines is 1. The number of rotatable bonds is 3. The number of hydrogen-bond acceptors (Lipinski definition) is 3. The second kappa shape index (κ2) is 8.14. The number of nitrogens with one attached hydrogen (secondary N) is 1. The van der Waals surface area contributed by atoms with Gasteiger partial charge in [0.15, 0.2) is 0 Å². The molecule has 0 aliphatic carbocycles. The highest BCUT2D eigenvalue weighted by Gasteiger charge is 2.24. The zero-order valence-corrected chi connectivity index (χ0v) is 14.9. The van der Waals surface area contributed by atoms with E-state index in [1.54, 1.807) is 29.2 Å². The van der Waals surface area contributed by atoms with Gasteiger partial charge in [0.2, 0.25) is 0 Å². The Morgan fingerprint density at radius 2 is 1.84 bits per heavy atom. The normalized spacial score (nSPS) is 16.2. The van der Waals surface area contributed by atoms with Crippen molar-refractivity contribution in [2.24, 2.45) is 5.73 Å². The van der Waals surface area contributed by atoms with Crippen LogP contribution in [0.2, 0.25) is 0 Å². The van der Waals surface area contributed by atoms with Crippen LogP contribution in [0.15, 0.2) is 48.5 Å². The summed E-state index contributed by atoms with van der Waals surface area (Å²) in [5, 5.41) is 2.89. The smallest absolute Gasteiger partial charge is 0.255 e. The molecule has 0 saturated carbocycles. The van der Waals surface area contributed by atoms with E-state index in [1.165, 1.54) is 0 Å². The van der Waals surface area contributed by atoms with Crippen molar-refractivity contribution >= 4 is 29.9 Å². The molecule has 132 valence electrons. The Hall–Kier alpha value is -2.37. The van der Waals surface area contributed by atoms with Crippen molar-refractivity contribution in [2.75, 3.05) is 18.4 Å². The Morgan fingerprint density at radius 3 is 2.48 bits per heavy atom. The van der Waals surface area contributed by atoms with Gasteiger partial charge in [0.05, 0.1) is 0 Å². The molecule has 1 saturated heterocycles. The first-order chi connectivity index (χ1) is 11.5. The molecule has 0 radical (unpaired) electrons. The highest BCUT2D eigenvalue weighted by atomic mass is 35.5. The molecule has 1 aliphatic rings. The summed E-state index contributed by atoms with van der Waals surface area (Å²) in [5.41, 5.74) is 8.59. The standard InChI is InChI=1S/C19H21N3O2.ClH/c1-13-7-8-15(19(24)22-10-9-16(20)12-22)11-17(13)21-18(23)14-5-3-2-4-6-14;/h2-8,11,16H,9-10,12,20H2,1H3,(H,21,23);1H/t16-;/m1./s1. The summed E-state index contributed by atoms with van der Waals surface area (Å²) < 4.78 is 0. The van der Waals surface area contributed by atoms with Gasteiger partial charge in [-0.2, -0.15) is 0 Å². The van der Waals surface area contributed by atoms with E-state index in [4.69, 9.17) is 5.73 Å². The van der Waals surface area contributed by atoms with Crippen LogP contribution in [0.4, 0.5) is 5.69 Å². The molecule has 0 bridgehead atoms. The molecule has 0 spiro atoms. The second-order valence-electron chi connectivity index (χ2n) is 6.15. The fraction of sp³-hybridized carbons (Fsp3) is 0.263. The number of halogens is 1. The summed E-state index contributed by atoms with van der Waals surface area (Å²) in [7, 11) is 0. The van der Waals surface area contributed by atoms with Crippen LogP contribution in [0, 0.1) is 6.92 Å². The molecule has 5 nitrogen and oxygen atoms in total. The molecule has 0 aromatic heterocycles. The van der Waals surface area contributed by atoms with Gasteiger partial charge < -0.3 is 16.0 Å². The Balaban J connectivity index is 0.00000225. The second-order valence-corrected chi connectivity index (χ2v) is 6.15. The monoisotopic (exact) mass is 359 g/mol. The number of hydrogen-bond donors (Lipinski definition) is 2. The zero-order chi connectivity index (χ0) is 17.1. The van der Waals surface area contributed by atoms with Gasteiger partial charge in [-0.05, 0) is 43.2 Å². The predicted octanol–water partition coefficient (Wildman–Crippen LogP) is 2.84. The van der Waals surface area contributed by atoms with Gasteiger partial charge in [-0.1, -0.05) is 24.3 Å². The molecule has 3 N–H and O–H groups in total. The molecule has 1 atom stereocenters. The van der Waals surface area contributed by atoms with Crippen molar-refractivity contribution in [1.29, 1.82) is 0 Å². The van der Waals surface area contributed by atoms with Crippen LogP contribution in [-0.2, 0) is 0 Å². The number of benzene rings is 2. The Morgan fingerprint density at radius 1 is 1.12 bits per heavy atom. The number of aryl methyl sites for hydroxylation is 1. The Kier molecular flexibility index (Phi) is 6.17. The van der Waals surface area contributed by atoms with Crippen molar-refractivity contribution in [2.45, 2.75) is 19.4 Å². The van der Waals surface area contributed by atoms with E-state index in [2.05, 4.69) is 5.32 Å². The molecular formula is C19H22ClN3O2. The van der Waals surface area contributed by atoms with Gasteiger partial charge in [-0.15, -0.1) is 12.4 Å². The highest BCUT2D eigenvalue weighted by Crippen LogP contribution is 2.20. The van der Waals surface area contributed by atoms with Crippen LogP contribution in [0.5, 0.6) is 0 Å². The first-order valence-electron chi connectivity index (χ1n) is 8.06. The average molecular weight is 360 g/mol. The number of nitrogens with two attached hydrogens (primary N) is 1. The lowest BCUT2D eigenvalue weighted by molar-refractivity contribution is 0.0790. The van der Waals surface area contributed by atoms with E-state index in [1.807, 2.05) is 31.2 Å². The van der Waals surface area contributed by atoms with E-state index in [0.29, 0.717) is 29.9 Å². The minimum Gasteiger partial charge on any atom is -0.337 e. The highest BCUT2D eigenvalue weighted by molar-refractivity contribution is 6.05. The quantitative estimate of drug-likeness (QED) is 0.884. The Labute approximate surface area is 153 Å². The Bertz CT molecular complexity index is 765. The van der Waals surface area contributed by atoms with Crippen molar-refractivity contribution in [1.82, 2.24) is 4.90 Å². The number of nitrogens with zero attached hydrogens (tertiary/aromatic N) is 1. The minimum absolute atomic E-state index is 0. The maximum atomic E-state index is 12.6. The van der Waals surface area contributed by atoms with Gasteiger partial charge in [0.1, 0.15) is 0 Å². The lowest BCUT2D eigenvalue weighted by Gasteiger charge is -2.17. The van der Waals surface area contributed by atoms with Crippen molar-refractivity contribution in [3.05, 3.63) is 65.2 Å². The molecule has 3 rings (SSSR count). The van der Waals surface area contributed by atoms with Crippen LogP contribution in [0.3, 0.4) is 0 Å². The van der Waals surface area contributed by atoms with Gasteiger partial charge >= 0.3 is 0 Å². The minimum atomic E-state index is -0.188. The molecule has 1 aliphatic heterocycles. The van der Waals surface area contributed by atoms with E-state index in [0.717, 1.165) is 12.0 Å². The molecule has 2 aromatic carbocycles. The fourth-order valence-corrected chi connectivity index (χ4v) is 2.83. The molecule has 0 unspecified atom stereocenters. The predicted molar refractivity (Wildman–Crippen MR) is 101 cm³/mol. The topological polar surface area (TPSA) is 75.4 Å². The molecule has 2 amide bonds. The van der Waals surface area contributed by atoms with Crippen molar-refractivity contribution in [3.63, 3.8) is 0 Å². The van der Waals surface area contributed by atoms with E-state index in [9.17, 15) is 9.59 Å². The van der Waals surface area contributed by atoms with E-state index >= 15 is 0 Å². The summed E-state index contributed by atoms with van der Waals surface area (Å²) in [6.45, 7) is 3.17. The van der Waals surface area contributed by atoms with Gasteiger partial charge in [0.25, 0.3) is 11.8 Å². The van der Waals surface area contributed by atoms with Crippen molar-refractivity contribution < 1.29 is 9.59 Å². The zero-order valence-electron chi connectivity index (χ0n) is 14.1. The van der Waals surface area contributed by atoms with Crippen LogP contribution in [-0.4, -0.2) is 35.8 Å². The number of likely N-dealkylation sites (tertiary alicyclic amines) is 1. The summed E-state index contributed by atoms with van der Waals surface area (Å²) in [5.74, 6) is -0.232. The van der Waals surface area contributed by atoms with Crippen LogP contribution in [0.25, 0.3) is 0 Å². The van der Waals surface area contributed by atoms with Crippen molar-refractivity contribution in [3.8, 4) is 0 Å². The summed E-state index contributed by atoms with van der Waals surface area (Å²) in [6.07, 6.45) is 0.829. The number of carbonyl (C=O) groups is 2. The largest absolute Gasteiger partial charge is 0.337 e. The van der Waals surface area contributed by atoms with Crippen LogP contribution >= 0.6 is 12.4 Å². The van der Waals surface area contributed by atoms with Gasteiger partial charge in [-0.3, -0.25) is 9.59 Å². The van der Waals surface area contributed by atoms with Crippen LogP contribution < -0.4 is 11.1 Å². The van der Waals surface area contributed by atoms with E-state index in [-0.39, 0.29) is 30.3 Å². The third-order valence-electron chi connectivity index (χ3n) is 4.28. The SMILES string of the molecule is Cc1ccc(C(=O)N2CC[C@@H](N)C2)cc1NC(=O)c1ccccc1.Cl. The fourth-order valence-electron chi connectivity index (χ4n) is 2.83. The molecule has 1 fully saturated rings. The molecular weight excluding hydrogens is 338 g/mol. The molecule has 6 heteroatoms. The third-order valence-corrected chi connectivity index (χ3v) is 4.28.